The molecule has 1 aromatic heterocycles. The fourth-order valence-corrected chi connectivity index (χ4v) is 10.3. The number of allylic oxidation sites excluding steroid dienone is 4. The summed E-state index contributed by atoms with van der Waals surface area (Å²) < 4.78 is 18.9. The van der Waals surface area contributed by atoms with Gasteiger partial charge in [-0.2, -0.15) is 0 Å². The van der Waals surface area contributed by atoms with Gasteiger partial charge in [0.15, 0.2) is 28.1 Å². The average Bonchev–Trinajstić information content (AvgIpc) is 3.53. The molecule has 1 aromatic carbocycles. The Kier molecular flexibility index (Phi) is 6.42. The molecule has 7 rings (SSSR count). The zero-order chi connectivity index (χ0) is 29.7. The Bertz CT molecular complexity index is 1530. The van der Waals surface area contributed by atoms with Gasteiger partial charge in [-0.3, -0.25) is 9.59 Å². The second kappa shape index (κ2) is 9.52. The number of ketones is 2. The van der Waals surface area contributed by atoms with Crippen LogP contribution in [0, 0.1) is 28.6 Å². The standard InChI is InChI=1S/C33H40N2O6S/c1-6-39-20-8-10-23-24(14-20)35-29(34-23)42-17-26(38)33-27(40-30(2,3)41-33)15-22-21-9-7-18-13-19(36)11-12-31(18,4)28(21)25(37)16-32(22,33)5/h8,10-14,21-22,25,27-28,37H,6-7,9,15-17H2,1-5H3,(H,34,35)/t21?,22?,25-,27+,28?,31?,32?,33+/m0/s1. The number of aromatic nitrogens is 2. The summed E-state index contributed by atoms with van der Waals surface area (Å²) in [5, 5.41) is 12.6. The summed E-state index contributed by atoms with van der Waals surface area (Å²) in [4.78, 5) is 34.7. The molecule has 1 saturated heterocycles. The zero-order valence-corrected chi connectivity index (χ0v) is 25.8. The van der Waals surface area contributed by atoms with Gasteiger partial charge >= 0.3 is 0 Å². The van der Waals surface area contributed by atoms with E-state index in [9.17, 15) is 14.7 Å². The van der Waals surface area contributed by atoms with E-state index in [1.807, 2.05) is 45.0 Å². The Hall–Kier alpha value is -2.46. The van der Waals surface area contributed by atoms with Crippen LogP contribution in [-0.4, -0.2) is 62.6 Å². The lowest BCUT2D eigenvalue weighted by Crippen LogP contribution is -2.63. The van der Waals surface area contributed by atoms with E-state index < -0.39 is 22.9 Å². The van der Waals surface area contributed by atoms with Gasteiger partial charge in [0.2, 0.25) is 0 Å². The molecule has 4 fully saturated rings. The third-order valence-corrected chi connectivity index (χ3v) is 11.9. The first-order chi connectivity index (χ1) is 19.9. The first-order valence-corrected chi connectivity index (χ1v) is 16.2. The Labute approximate surface area is 250 Å². The lowest BCUT2D eigenvalue weighted by Gasteiger charge is -2.60. The number of ether oxygens (including phenoxy) is 3. The maximum Gasteiger partial charge on any atom is 0.178 e. The van der Waals surface area contributed by atoms with Crippen molar-refractivity contribution in [1.29, 1.82) is 0 Å². The van der Waals surface area contributed by atoms with E-state index in [4.69, 9.17) is 19.2 Å². The van der Waals surface area contributed by atoms with Gasteiger partial charge in [0.25, 0.3) is 0 Å². The monoisotopic (exact) mass is 592 g/mol. The molecule has 0 radical (unpaired) electrons. The topological polar surface area (TPSA) is 111 Å². The molecule has 224 valence electrons. The minimum Gasteiger partial charge on any atom is -0.494 e. The predicted octanol–water partition coefficient (Wildman–Crippen LogP) is 5.40. The summed E-state index contributed by atoms with van der Waals surface area (Å²) in [7, 11) is 0. The van der Waals surface area contributed by atoms with Crippen molar-refractivity contribution in [2.75, 3.05) is 12.4 Å². The molecule has 1 aliphatic heterocycles. The number of Topliss-reactive ketones (excluding diaryl/α,β-unsaturated/α-hetero) is 1. The third kappa shape index (κ3) is 3.96. The number of nitrogens with zero attached hydrogens (tertiary/aromatic N) is 1. The SMILES string of the molecule is CCOc1ccc2[nH]c(SCC(=O)[C@@]34OC(C)(C)O[C@@H]3CC3C5CCC6=CC(=O)C=CC6(C)C5[C@@H](O)CC34C)nc2c1. The molecule has 5 aliphatic rings. The fourth-order valence-electron chi connectivity index (χ4n) is 9.45. The second-order valence-electron chi connectivity index (χ2n) is 13.7. The van der Waals surface area contributed by atoms with Crippen molar-refractivity contribution in [1.82, 2.24) is 9.97 Å². The van der Waals surface area contributed by atoms with Crippen molar-refractivity contribution >= 4 is 34.4 Å². The number of aliphatic hydroxyl groups excluding tert-OH is 1. The van der Waals surface area contributed by atoms with Crippen molar-refractivity contribution in [3.05, 3.63) is 42.0 Å². The third-order valence-electron chi connectivity index (χ3n) is 11.0. The lowest BCUT2D eigenvalue weighted by molar-refractivity contribution is -0.223. The number of hydrogen-bond acceptors (Lipinski definition) is 8. The summed E-state index contributed by atoms with van der Waals surface area (Å²) >= 11 is 1.38. The Morgan fingerprint density at radius 2 is 2.07 bits per heavy atom. The van der Waals surface area contributed by atoms with Gasteiger partial charge in [0.1, 0.15) is 5.75 Å². The van der Waals surface area contributed by atoms with Gasteiger partial charge in [-0.1, -0.05) is 37.3 Å². The molecular weight excluding hydrogens is 552 g/mol. The van der Waals surface area contributed by atoms with Crippen molar-refractivity contribution in [3.63, 3.8) is 0 Å². The van der Waals surface area contributed by atoms with E-state index in [1.54, 1.807) is 12.2 Å². The van der Waals surface area contributed by atoms with Crippen LogP contribution in [0.25, 0.3) is 11.0 Å². The summed E-state index contributed by atoms with van der Waals surface area (Å²) in [6, 6.07) is 5.75. The Morgan fingerprint density at radius 1 is 1.26 bits per heavy atom. The van der Waals surface area contributed by atoms with Crippen molar-refractivity contribution < 1.29 is 28.9 Å². The normalized spacial score (nSPS) is 39.8. The van der Waals surface area contributed by atoms with E-state index in [2.05, 4.69) is 18.8 Å². The molecule has 42 heavy (non-hydrogen) atoms. The highest BCUT2D eigenvalue weighted by molar-refractivity contribution is 7.99. The number of nitrogens with one attached hydrogen (secondary N) is 1. The van der Waals surface area contributed by atoms with E-state index in [0.717, 1.165) is 35.2 Å². The lowest BCUT2D eigenvalue weighted by atomic mass is 9.46. The summed E-state index contributed by atoms with van der Waals surface area (Å²) in [5.41, 5.74) is 0.664. The maximum atomic E-state index is 14.5. The van der Waals surface area contributed by atoms with Crippen LogP contribution >= 0.6 is 11.8 Å². The van der Waals surface area contributed by atoms with Gasteiger partial charge in [0.05, 0.1) is 35.6 Å². The van der Waals surface area contributed by atoms with E-state index in [0.29, 0.717) is 24.6 Å². The highest BCUT2D eigenvalue weighted by Crippen LogP contribution is 2.70. The molecule has 9 heteroatoms. The zero-order valence-electron chi connectivity index (χ0n) is 24.9. The minimum atomic E-state index is -1.16. The van der Waals surface area contributed by atoms with E-state index in [-0.39, 0.29) is 46.6 Å². The van der Waals surface area contributed by atoms with E-state index >= 15 is 0 Å². The number of benzene rings is 1. The minimum absolute atomic E-state index is 0.0139. The molecule has 2 aromatic rings. The van der Waals surface area contributed by atoms with Crippen molar-refractivity contribution in [2.24, 2.45) is 28.6 Å². The number of carbonyl (C=O) groups excluding carboxylic acids is 2. The van der Waals surface area contributed by atoms with Gasteiger partial charge in [0, 0.05) is 22.8 Å². The first kappa shape index (κ1) is 28.3. The number of H-pyrrole nitrogens is 1. The number of imidazole rings is 1. The summed E-state index contributed by atoms with van der Waals surface area (Å²) in [5.74, 6) is 0.355. The molecule has 5 unspecified atom stereocenters. The van der Waals surface area contributed by atoms with Crippen LogP contribution in [0.4, 0.5) is 0 Å². The van der Waals surface area contributed by atoms with Crippen molar-refractivity contribution in [3.8, 4) is 5.75 Å². The summed E-state index contributed by atoms with van der Waals surface area (Å²) in [6.45, 7) is 10.6. The van der Waals surface area contributed by atoms with Crippen LogP contribution in [0.5, 0.6) is 5.75 Å². The molecule has 2 heterocycles. The highest BCUT2D eigenvalue weighted by Gasteiger charge is 2.76. The maximum absolute atomic E-state index is 14.5. The van der Waals surface area contributed by atoms with E-state index in [1.165, 1.54) is 11.8 Å². The van der Waals surface area contributed by atoms with Gasteiger partial charge < -0.3 is 24.3 Å². The number of hydrogen-bond donors (Lipinski definition) is 2. The van der Waals surface area contributed by atoms with Gasteiger partial charge in [-0.25, -0.2) is 4.98 Å². The van der Waals surface area contributed by atoms with Crippen LogP contribution in [0.2, 0.25) is 0 Å². The van der Waals surface area contributed by atoms with Gasteiger partial charge in [-0.15, -0.1) is 0 Å². The molecule has 0 amide bonds. The number of rotatable bonds is 6. The largest absolute Gasteiger partial charge is 0.494 e. The Balaban J connectivity index is 1.19. The van der Waals surface area contributed by atoms with Crippen LogP contribution in [0.3, 0.4) is 0 Å². The van der Waals surface area contributed by atoms with Gasteiger partial charge in [-0.05, 0) is 82.6 Å². The molecule has 0 bridgehead atoms. The molecule has 8 atom stereocenters. The van der Waals surface area contributed by atoms with Crippen LogP contribution in [-0.2, 0) is 19.1 Å². The molecular formula is C33H40N2O6S. The molecule has 4 aliphatic carbocycles. The molecule has 0 spiro atoms. The fraction of sp³-hybridized carbons (Fsp3) is 0.606. The number of aromatic amines is 1. The van der Waals surface area contributed by atoms with Crippen molar-refractivity contribution in [2.45, 2.75) is 89.1 Å². The van der Waals surface area contributed by atoms with Crippen LogP contribution < -0.4 is 4.74 Å². The number of aliphatic hydroxyl groups is 1. The highest BCUT2D eigenvalue weighted by atomic mass is 32.2. The number of fused-ring (bicyclic) bond motifs is 8. The quantitative estimate of drug-likeness (QED) is 0.429. The predicted molar refractivity (Wildman–Crippen MR) is 159 cm³/mol. The summed E-state index contributed by atoms with van der Waals surface area (Å²) in [6.07, 6.45) is 7.27. The Morgan fingerprint density at radius 3 is 2.86 bits per heavy atom. The van der Waals surface area contributed by atoms with Crippen LogP contribution in [0.15, 0.2) is 47.2 Å². The number of carbonyl (C=O) groups is 2. The smallest absolute Gasteiger partial charge is 0.178 e. The molecule has 3 saturated carbocycles. The average molecular weight is 593 g/mol. The second-order valence-corrected chi connectivity index (χ2v) is 14.6. The first-order valence-electron chi connectivity index (χ1n) is 15.2. The molecule has 2 N–H and O–H groups in total. The number of thioether (sulfide) groups is 1. The molecule has 8 nitrogen and oxygen atoms in total. The van der Waals surface area contributed by atoms with Crippen LogP contribution in [0.1, 0.15) is 60.3 Å².